The van der Waals surface area contributed by atoms with Gasteiger partial charge in [0, 0.05) is 16.5 Å². The molecular weight excluding hydrogens is 290 g/mol. The summed E-state index contributed by atoms with van der Waals surface area (Å²) in [5.41, 5.74) is 6.40. The first kappa shape index (κ1) is 13.5. The zero-order chi connectivity index (χ0) is 14.9. The Hall–Kier alpha value is -2.13. The van der Waals surface area contributed by atoms with Crippen LogP contribution in [0.25, 0.3) is 21.8 Å². The molecule has 0 unspecified atom stereocenters. The van der Waals surface area contributed by atoms with E-state index >= 15 is 0 Å². The van der Waals surface area contributed by atoms with Gasteiger partial charge in [0.15, 0.2) is 0 Å². The first-order valence-electron chi connectivity index (χ1n) is 7.55. The number of hydrogen-bond acceptors (Lipinski definition) is 3. The van der Waals surface area contributed by atoms with Gasteiger partial charge < -0.3 is 4.74 Å². The first-order chi connectivity index (χ1) is 10.8. The zero-order valence-electron chi connectivity index (χ0n) is 12.5. The highest BCUT2D eigenvalue weighted by Crippen LogP contribution is 2.32. The molecule has 0 aliphatic heterocycles. The van der Waals surface area contributed by atoms with E-state index in [-0.39, 0.29) is 0 Å². The third-order valence-electron chi connectivity index (χ3n) is 4.22. The number of benzene rings is 2. The molecule has 3 heteroatoms. The minimum absolute atomic E-state index is 0.867. The van der Waals surface area contributed by atoms with Gasteiger partial charge in [-0.15, -0.1) is 11.3 Å². The van der Waals surface area contributed by atoms with Crippen LogP contribution in [0.3, 0.4) is 0 Å². The van der Waals surface area contributed by atoms with Gasteiger partial charge in [-0.2, -0.15) is 0 Å². The van der Waals surface area contributed by atoms with Crippen molar-refractivity contribution in [2.24, 2.45) is 0 Å². The second kappa shape index (κ2) is 5.58. The summed E-state index contributed by atoms with van der Waals surface area (Å²) in [6.07, 6.45) is 3.71. The Bertz CT molecular complexity index is 822. The van der Waals surface area contributed by atoms with Crippen LogP contribution in [0.1, 0.15) is 17.5 Å². The third kappa shape index (κ3) is 2.42. The molecule has 22 heavy (non-hydrogen) atoms. The Morgan fingerprint density at radius 3 is 2.82 bits per heavy atom. The Morgan fingerprint density at radius 2 is 1.91 bits per heavy atom. The molecule has 0 atom stereocenters. The average Bonchev–Trinajstić information content (AvgIpc) is 3.23. The second-order valence-electron chi connectivity index (χ2n) is 5.61. The van der Waals surface area contributed by atoms with Crippen molar-refractivity contribution >= 4 is 11.3 Å². The molecule has 0 saturated heterocycles. The Labute approximate surface area is 134 Å². The quantitative estimate of drug-likeness (QED) is 0.681. The van der Waals surface area contributed by atoms with E-state index in [9.17, 15) is 0 Å². The van der Waals surface area contributed by atoms with Crippen LogP contribution in [-0.2, 0) is 12.8 Å². The van der Waals surface area contributed by atoms with Crippen molar-refractivity contribution in [3.05, 3.63) is 59.0 Å². The molecule has 1 heterocycles. The zero-order valence-corrected chi connectivity index (χ0v) is 13.3. The molecule has 0 fully saturated rings. The van der Waals surface area contributed by atoms with Crippen LogP contribution in [0.15, 0.2) is 47.8 Å². The summed E-state index contributed by atoms with van der Waals surface area (Å²) in [6, 6.07) is 14.9. The highest BCUT2D eigenvalue weighted by molar-refractivity contribution is 7.13. The van der Waals surface area contributed by atoms with E-state index in [0.29, 0.717) is 0 Å². The van der Waals surface area contributed by atoms with E-state index in [1.54, 1.807) is 18.4 Å². The number of aryl methyl sites for hydroxylation is 2. The van der Waals surface area contributed by atoms with Crippen molar-refractivity contribution < 1.29 is 4.74 Å². The summed E-state index contributed by atoms with van der Waals surface area (Å²) in [5.74, 6) is 0.867. The minimum Gasteiger partial charge on any atom is -0.497 e. The summed E-state index contributed by atoms with van der Waals surface area (Å²) in [4.78, 5) is 4.81. The minimum atomic E-state index is 0.867. The highest BCUT2D eigenvalue weighted by atomic mass is 32.1. The maximum absolute atomic E-state index is 5.30. The molecule has 2 nitrogen and oxygen atoms in total. The molecule has 1 aliphatic rings. The van der Waals surface area contributed by atoms with E-state index in [1.807, 2.05) is 18.2 Å². The summed E-state index contributed by atoms with van der Waals surface area (Å²) in [7, 11) is 1.69. The molecule has 1 aliphatic carbocycles. The predicted octanol–water partition coefficient (Wildman–Crippen LogP) is 4.97. The number of ether oxygens (including phenoxy) is 1. The lowest BCUT2D eigenvalue weighted by Gasteiger charge is -2.03. The fraction of sp³-hybridized carbons (Fsp3) is 0.211. The maximum Gasteiger partial charge on any atom is 0.124 e. The fourth-order valence-electron chi connectivity index (χ4n) is 3.03. The SMILES string of the molecule is COc1cccc(-c2nc(-c3ccc4c(c3)CCC4)cs2)c1. The molecule has 3 aromatic rings. The van der Waals surface area contributed by atoms with Gasteiger partial charge in [-0.1, -0.05) is 24.3 Å². The summed E-state index contributed by atoms with van der Waals surface area (Å²) in [5, 5.41) is 3.18. The van der Waals surface area contributed by atoms with Gasteiger partial charge in [-0.3, -0.25) is 0 Å². The second-order valence-corrected chi connectivity index (χ2v) is 6.47. The molecule has 0 bridgehead atoms. The number of fused-ring (bicyclic) bond motifs is 1. The van der Waals surface area contributed by atoms with Crippen LogP contribution in [0.4, 0.5) is 0 Å². The van der Waals surface area contributed by atoms with Crippen molar-refractivity contribution in [2.45, 2.75) is 19.3 Å². The largest absolute Gasteiger partial charge is 0.497 e. The third-order valence-corrected chi connectivity index (χ3v) is 5.11. The maximum atomic E-state index is 5.30. The van der Waals surface area contributed by atoms with Crippen LogP contribution in [-0.4, -0.2) is 12.1 Å². The van der Waals surface area contributed by atoms with Gasteiger partial charge in [-0.05, 0) is 48.6 Å². The highest BCUT2D eigenvalue weighted by Gasteiger charge is 2.13. The number of thiazole rings is 1. The standard InChI is InChI=1S/C19H17NOS/c1-21-17-7-3-6-16(11-17)19-20-18(12-22-19)15-9-8-13-4-2-5-14(13)10-15/h3,6-12H,2,4-5H2,1H3. The van der Waals surface area contributed by atoms with Crippen LogP contribution in [0, 0.1) is 0 Å². The van der Waals surface area contributed by atoms with Crippen molar-refractivity contribution in [1.82, 2.24) is 4.98 Å². The van der Waals surface area contributed by atoms with Crippen molar-refractivity contribution in [3.63, 3.8) is 0 Å². The molecule has 0 saturated carbocycles. The number of hydrogen-bond donors (Lipinski definition) is 0. The van der Waals surface area contributed by atoms with Crippen molar-refractivity contribution in [3.8, 4) is 27.6 Å². The van der Waals surface area contributed by atoms with Crippen LogP contribution in [0.5, 0.6) is 5.75 Å². The summed E-state index contributed by atoms with van der Waals surface area (Å²) in [6.45, 7) is 0. The van der Waals surface area contributed by atoms with Gasteiger partial charge in [-0.25, -0.2) is 4.98 Å². The molecule has 110 valence electrons. The first-order valence-corrected chi connectivity index (χ1v) is 8.43. The van der Waals surface area contributed by atoms with E-state index in [2.05, 4.69) is 29.6 Å². The lowest BCUT2D eigenvalue weighted by molar-refractivity contribution is 0.415. The summed E-state index contributed by atoms with van der Waals surface area (Å²) >= 11 is 1.68. The van der Waals surface area contributed by atoms with E-state index < -0.39 is 0 Å². The molecular formula is C19H17NOS. The van der Waals surface area contributed by atoms with Crippen molar-refractivity contribution in [2.75, 3.05) is 7.11 Å². The smallest absolute Gasteiger partial charge is 0.124 e. The van der Waals surface area contributed by atoms with Crippen LogP contribution in [0.2, 0.25) is 0 Å². The molecule has 0 N–H and O–H groups in total. The van der Waals surface area contributed by atoms with Gasteiger partial charge >= 0.3 is 0 Å². The molecule has 1 aromatic heterocycles. The number of methoxy groups -OCH3 is 1. The summed E-state index contributed by atoms with van der Waals surface area (Å²) < 4.78 is 5.30. The number of rotatable bonds is 3. The van der Waals surface area contributed by atoms with Crippen LogP contribution >= 0.6 is 11.3 Å². The topological polar surface area (TPSA) is 22.1 Å². The normalized spacial score (nSPS) is 13.1. The number of nitrogens with zero attached hydrogens (tertiary/aromatic N) is 1. The average molecular weight is 307 g/mol. The van der Waals surface area contributed by atoms with E-state index in [1.165, 1.54) is 36.0 Å². The van der Waals surface area contributed by atoms with Gasteiger partial charge in [0.1, 0.15) is 10.8 Å². The lowest BCUT2D eigenvalue weighted by Crippen LogP contribution is -1.86. The van der Waals surface area contributed by atoms with E-state index in [4.69, 9.17) is 9.72 Å². The lowest BCUT2D eigenvalue weighted by atomic mass is 10.1. The molecule has 0 radical (unpaired) electrons. The Morgan fingerprint density at radius 1 is 1.00 bits per heavy atom. The van der Waals surface area contributed by atoms with Gasteiger partial charge in [0.2, 0.25) is 0 Å². The molecule has 0 spiro atoms. The fourth-order valence-corrected chi connectivity index (χ4v) is 3.85. The van der Waals surface area contributed by atoms with Crippen molar-refractivity contribution in [1.29, 1.82) is 0 Å². The monoisotopic (exact) mass is 307 g/mol. The Balaban J connectivity index is 1.69. The van der Waals surface area contributed by atoms with Gasteiger partial charge in [0.25, 0.3) is 0 Å². The number of aromatic nitrogens is 1. The van der Waals surface area contributed by atoms with Gasteiger partial charge in [0.05, 0.1) is 12.8 Å². The Kier molecular flexibility index (Phi) is 3.43. The molecule has 4 rings (SSSR count). The molecule has 2 aromatic carbocycles. The van der Waals surface area contributed by atoms with Crippen LogP contribution < -0.4 is 4.74 Å². The molecule has 0 amide bonds. The predicted molar refractivity (Wildman–Crippen MR) is 91.6 cm³/mol. The van der Waals surface area contributed by atoms with E-state index in [0.717, 1.165) is 22.0 Å².